The number of carbonyl (C=O) groups excluding carboxylic acids is 2. The fraction of sp³-hybridized carbons (Fsp3) is 0.630. The largest absolute Gasteiger partial charge is 0.347 e. The number of nitrogens with zero attached hydrogens (tertiary/aromatic N) is 2. The molecule has 1 aromatic rings. The van der Waals surface area contributed by atoms with Crippen LogP contribution in [0.4, 0.5) is 0 Å². The van der Waals surface area contributed by atoms with E-state index >= 15 is 0 Å². The fourth-order valence-corrected chi connectivity index (χ4v) is 7.28. The number of piperazine rings is 1. The molecular weight excluding hydrogens is 398 g/mol. The second kappa shape index (κ2) is 9.38. The number of benzene rings is 1. The molecule has 5 heteroatoms. The highest BCUT2D eigenvalue weighted by molar-refractivity contribution is 5.85. The molecule has 1 heterocycles. The maximum absolute atomic E-state index is 12.7. The molecule has 5 fully saturated rings. The van der Waals surface area contributed by atoms with Gasteiger partial charge >= 0.3 is 0 Å². The lowest BCUT2D eigenvalue weighted by molar-refractivity contribution is -0.136. The average molecular weight is 436 g/mol. The van der Waals surface area contributed by atoms with Crippen molar-refractivity contribution in [2.75, 3.05) is 39.3 Å². The summed E-state index contributed by atoms with van der Waals surface area (Å²) in [6.45, 7) is 4.29. The van der Waals surface area contributed by atoms with Crippen molar-refractivity contribution >= 4 is 17.9 Å². The van der Waals surface area contributed by atoms with Gasteiger partial charge in [-0.15, -0.1) is 0 Å². The lowest BCUT2D eigenvalue weighted by Gasteiger charge is -2.56. The predicted octanol–water partition coefficient (Wildman–Crippen LogP) is 3.57. The quantitative estimate of drug-likeness (QED) is 0.712. The van der Waals surface area contributed by atoms with E-state index in [0.717, 1.165) is 50.5 Å². The molecule has 4 bridgehead atoms. The minimum atomic E-state index is 0.0586. The average Bonchev–Trinajstić information content (AvgIpc) is 2.77. The standard InChI is InChI=1S/C27H37N3O2/c31-25(19-27-16-22-13-23(17-27)15-24(14-22)18-27)28-20-26(32)30-11-9-29(10-12-30)8-4-7-21-5-2-1-3-6-21/h1-7,22-24H,8-20H2,(H,28,31)/b7-4+. The van der Waals surface area contributed by atoms with Gasteiger partial charge < -0.3 is 10.2 Å². The maximum Gasteiger partial charge on any atom is 0.242 e. The molecular formula is C27H37N3O2. The van der Waals surface area contributed by atoms with Crippen molar-refractivity contribution in [2.24, 2.45) is 23.2 Å². The Morgan fingerprint density at radius 1 is 0.938 bits per heavy atom. The van der Waals surface area contributed by atoms with Gasteiger partial charge in [0.1, 0.15) is 0 Å². The number of hydrogen-bond acceptors (Lipinski definition) is 3. The third-order valence-electron chi connectivity index (χ3n) is 8.34. The summed E-state index contributed by atoms with van der Waals surface area (Å²) >= 11 is 0. The molecule has 6 rings (SSSR count). The lowest BCUT2D eigenvalue weighted by atomic mass is 9.49. The molecule has 5 aliphatic rings. The number of carbonyl (C=O) groups is 2. The number of amides is 2. The first-order chi connectivity index (χ1) is 15.6. The van der Waals surface area contributed by atoms with Crippen molar-refractivity contribution in [3.05, 3.63) is 42.0 Å². The van der Waals surface area contributed by atoms with Crippen molar-refractivity contribution < 1.29 is 9.59 Å². The van der Waals surface area contributed by atoms with Gasteiger partial charge in [0.2, 0.25) is 11.8 Å². The van der Waals surface area contributed by atoms with Crippen LogP contribution in [0.3, 0.4) is 0 Å². The monoisotopic (exact) mass is 435 g/mol. The smallest absolute Gasteiger partial charge is 0.242 e. The van der Waals surface area contributed by atoms with Gasteiger partial charge in [0, 0.05) is 39.1 Å². The molecule has 5 nitrogen and oxygen atoms in total. The first-order valence-electron chi connectivity index (χ1n) is 12.6. The summed E-state index contributed by atoms with van der Waals surface area (Å²) in [6.07, 6.45) is 12.9. The van der Waals surface area contributed by atoms with Crippen molar-refractivity contribution in [1.82, 2.24) is 15.1 Å². The van der Waals surface area contributed by atoms with Crippen LogP contribution in [0.1, 0.15) is 50.5 Å². The molecule has 0 unspecified atom stereocenters. The summed E-state index contributed by atoms with van der Waals surface area (Å²) in [7, 11) is 0. The highest BCUT2D eigenvalue weighted by Crippen LogP contribution is 2.61. The van der Waals surface area contributed by atoms with E-state index < -0.39 is 0 Å². The van der Waals surface area contributed by atoms with E-state index in [0.29, 0.717) is 6.42 Å². The summed E-state index contributed by atoms with van der Waals surface area (Å²) in [6, 6.07) is 10.3. The molecule has 4 saturated carbocycles. The molecule has 0 aromatic heterocycles. The normalized spacial score (nSPS) is 31.9. The second-order valence-electron chi connectivity index (χ2n) is 10.9. The zero-order chi connectivity index (χ0) is 22.0. The molecule has 2 amide bonds. The maximum atomic E-state index is 12.7. The van der Waals surface area contributed by atoms with Gasteiger partial charge in [-0.3, -0.25) is 14.5 Å². The van der Waals surface area contributed by atoms with Crippen molar-refractivity contribution in [2.45, 2.75) is 44.9 Å². The van der Waals surface area contributed by atoms with Crippen LogP contribution in [0.25, 0.3) is 6.08 Å². The van der Waals surface area contributed by atoms with Crippen LogP contribution >= 0.6 is 0 Å². The zero-order valence-corrected chi connectivity index (χ0v) is 19.2. The van der Waals surface area contributed by atoms with E-state index in [1.807, 2.05) is 23.1 Å². The van der Waals surface area contributed by atoms with Gasteiger partial charge in [-0.1, -0.05) is 42.5 Å². The Hall–Kier alpha value is -2.14. The SMILES string of the molecule is O=C(CC12CC3CC(CC(C3)C1)C2)NCC(=O)N1CCN(C/C=C/c2ccccc2)CC1. The molecule has 1 N–H and O–H groups in total. The second-order valence-corrected chi connectivity index (χ2v) is 10.9. The Kier molecular flexibility index (Phi) is 6.36. The van der Waals surface area contributed by atoms with Crippen LogP contribution in [-0.2, 0) is 9.59 Å². The number of nitrogens with one attached hydrogen (secondary N) is 1. The van der Waals surface area contributed by atoms with Crippen molar-refractivity contribution in [3.63, 3.8) is 0 Å². The third kappa shape index (κ3) is 5.09. The van der Waals surface area contributed by atoms with Crippen LogP contribution < -0.4 is 5.32 Å². The van der Waals surface area contributed by atoms with Gasteiger partial charge in [-0.05, 0) is 67.3 Å². The molecule has 172 valence electrons. The van der Waals surface area contributed by atoms with E-state index in [1.54, 1.807) is 0 Å². The topological polar surface area (TPSA) is 52.7 Å². The van der Waals surface area contributed by atoms with Gasteiger partial charge in [-0.2, -0.15) is 0 Å². The molecule has 1 aromatic carbocycles. The molecule has 0 radical (unpaired) electrons. The van der Waals surface area contributed by atoms with E-state index in [-0.39, 0.29) is 23.8 Å². The fourth-order valence-electron chi connectivity index (χ4n) is 7.28. The Bertz CT molecular complexity index is 806. The molecule has 1 aliphatic heterocycles. The first kappa shape index (κ1) is 21.7. The third-order valence-corrected chi connectivity index (χ3v) is 8.34. The van der Waals surface area contributed by atoms with Crippen LogP contribution in [-0.4, -0.2) is 60.9 Å². The lowest BCUT2D eigenvalue weighted by Crippen LogP contribution is -2.52. The molecule has 0 atom stereocenters. The van der Waals surface area contributed by atoms with Gasteiger partial charge in [0.05, 0.1) is 6.54 Å². The highest BCUT2D eigenvalue weighted by Gasteiger charge is 2.51. The number of rotatable bonds is 7. The molecule has 32 heavy (non-hydrogen) atoms. The van der Waals surface area contributed by atoms with E-state index in [1.165, 1.54) is 44.1 Å². The molecule has 0 spiro atoms. The summed E-state index contributed by atoms with van der Waals surface area (Å²) < 4.78 is 0. The molecule has 1 saturated heterocycles. The van der Waals surface area contributed by atoms with Crippen molar-refractivity contribution in [3.8, 4) is 0 Å². The van der Waals surface area contributed by atoms with E-state index in [4.69, 9.17) is 0 Å². The first-order valence-corrected chi connectivity index (χ1v) is 12.6. The van der Waals surface area contributed by atoms with Gasteiger partial charge in [-0.25, -0.2) is 0 Å². The van der Waals surface area contributed by atoms with E-state index in [2.05, 4.69) is 34.5 Å². The van der Waals surface area contributed by atoms with Crippen LogP contribution in [0, 0.1) is 23.2 Å². The van der Waals surface area contributed by atoms with Crippen LogP contribution in [0.2, 0.25) is 0 Å². The summed E-state index contributed by atoms with van der Waals surface area (Å²) in [5.41, 5.74) is 1.45. The summed E-state index contributed by atoms with van der Waals surface area (Å²) in [4.78, 5) is 29.6. The highest BCUT2D eigenvalue weighted by atomic mass is 16.2. The van der Waals surface area contributed by atoms with Crippen LogP contribution in [0.5, 0.6) is 0 Å². The number of hydrogen-bond donors (Lipinski definition) is 1. The van der Waals surface area contributed by atoms with Gasteiger partial charge in [0.15, 0.2) is 0 Å². The van der Waals surface area contributed by atoms with Gasteiger partial charge in [0.25, 0.3) is 0 Å². The van der Waals surface area contributed by atoms with Crippen LogP contribution in [0.15, 0.2) is 36.4 Å². The summed E-state index contributed by atoms with van der Waals surface area (Å²) in [5, 5.41) is 2.96. The van der Waals surface area contributed by atoms with Crippen molar-refractivity contribution in [1.29, 1.82) is 0 Å². The Labute approximate surface area is 192 Å². The minimum absolute atomic E-state index is 0.0586. The Morgan fingerprint density at radius 2 is 1.56 bits per heavy atom. The van der Waals surface area contributed by atoms with E-state index in [9.17, 15) is 9.59 Å². The molecule has 4 aliphatic carbocycles. The zero-order valence-electron chi connectivity index (χ0n) is 19.2. The minimum Gasteiger partial charge on any atom is -0.347 e. The predicted molar refractivity (Wildman–Crippen MR) is 127 cm³/mol. The Balaban J connectivity index is 1.02. The summed E-state index contributed by atoms with van der Waals surface area (Å²) in [5.74, 6) is 2.71. The Morgan fingerprint density at radius 3 is 2.19 bits per heavy atom.